The Kier molecular flexibility index (Phi) is 3.39. The Morgan fingerprint density at radius 3 is 2.95 bits per heavy atom. The van der Waals surface area contributed by atoms with Crippen LogP contribution >= 0.6 is 12.2 Å². The highest BCUT2D eigenvalue weighted by molar-refractivity contribution is 7.71. The highest BCUT2D eigenvalue weighted by Gasteiger charge is 2.05. The van der Waals surface area contributed by atoms with E-state index in [1.165, 1.54) is 0 Å². The average molecular weight is 283 g/mol. The van der Waals surface area contributed by atoms with Crippen LogP contribution in [-0.2, 0) is 13.5 Å². The van der Waals surface area contributed by atoms with E-state index >= 15 is 0 Å². The molecule has 0 aromatic carbocycles. The van der Waals surface area contributed by atoms with Gasteiger partial charge in [0, 0.05) is 37.6 Å². The van der Waals surface area contributed by atoms with Crippen molar-refractivity contribution in [2.24, 2.45) is 7.05 Å². The molecule has 0 radical (unpaired) electrons. The quantitative estimate of drug-likeness (QED) is 0.750. The molecule has 6 heteroatoms. The Morgan fingerprint density at radius 1 is 1.35 bits per heavy atom. The highest BCUT2D eigenvalue weighted by Crippen LogP contribution is 2.16. The molecule has 0 bridgehead atoms. The van der Waals surface area contributed by atoms with E-state index in [2.05, 4.69) is 20.1 Å². The minimum absolute atomic E-state index is 0.571. The summed E-state index contributed by atoms with van der Waals surface area (Å²) in [6, 6.07) is 5.77. The van der Waals surface area contributed by atoms with Crippen LogP contribution in [-0.4, -0.2) is 24.7 Å². The van der Waals surface area contributed by atoms with Crippen molar-refractivity contribution in [1.82, 2.24) is 24.7 Å². The fraction of sp³-hybridized carbons (Fsp3) is 0.143. The van der Waals surface area contributed by atoms with Crippen LogP contribution in [0.4, 0.5) is 0 Å². The van der Waals surface area contributed by atoms with Gasteiger partial charge in [0.05, 0.1) is 11.9 Å². The van der Waals surface area contributed by atoms with E-state index in [0.29, 0.717) is 11.1 Å². The third kappa shape index (κ3) is 2.80. The molecule has 3 aromatic rings. The highest BCUT2D eigenvalue weighted by atomic mass is 32.1. The molecule has 3 heterocycles. The summed E-state index contributed by atoms with van der Waals surface area (Å²) in [5, 5.41) is 4.17. The first kappa shape index (κ1) is 12.7. The van der Waals surface area contributed by atoms with Crippen LogP contribution in [0.2, 0.25) is 0 Å². The minimum atomic E-state index is 0.571. The molecule has 0 fully saturated rings. The first-order valence-electron chi connectivity index (χ1n) is 6.19. The van der Waals surface area contributed by atoms with Crippen LogP contribution in [0.25, 0.3) is 11.3 Å². The van der Waals surface area contributed by atoms with E-state index in [4.69, 9.17) is 12.2 Å². The molecule has 3 rings (SSSR count). The summed E-state index contributed by atoms with van der Waals surface area (Å²) >= 11 is 5.24. The number of hydrogen-bond acceptors (Lipinski definition) is 4. The summed E-state index contributed by atoms with van der Waals surface area (Å²) in [5.41, 5.74) is 3.01. The molecule has 0 aliphatic rings. The summed E-state index contributed by atoms with van der Waals surface area (Å²) < 4.78 is 2.33. The normalized spacial score (nSPS) is 10.7. The van der Waals surface area contributed by atoms with Gasteiger partial charge < -0.3 is 4.98 Å². The predicted molar refractivity (Wildman–Crippen MR) is 78.7 cm³/mol. The molecule has 0 atom stereocenters. The standard InChI is InChI=1S/C14H13N5S/c1-19-9-11(8-16-19)12-6-14(20)18-13(17-12)5-10-3-2-4-15-7-10/h2-4,6-9H,5H2,1H3,(H,17,18,20). The maximum absolute atomic E-state index is 5.24. The van der Waals surface area contributed by atoms with Crippen LogP contribution in [0.15, 0.2) is 43.0 Å². The van der Waals surface area contributed by atoms with Crippen LogP contribution in [0.1, 0.15) is 11.4 Å². The molecule has 0 amide bonds. The number of aromatic nitrogens is 5. The SMILES string of the molecule is Cn1cc(-c2cc(=S)nc(Cc3cccnc3)[nH]2)cn1. The van der Waals surface area contributed by atoms with Crippen molar-refractivity contribution in [3.05, 3.63) is 59.0 Å². The van der Waals surface area contributed by atoms with Gasteiger partial charge >= 0.3 is 0 Å². The number of aromatic amines is 1. The van der Waals surface area contributed by atoms with E-state index < -0.39 is 0 Å². The largest absolute Gasteiger partial charge is 0.343 e. The van der Waals surface area contributed by atoms with Crippen LogP contribution < -0.4 is 0 Å². The monoisotopic (exact) mass is 283 g/mol. The molecule has 0 saturated heterocycles. The Bertz CT molecular complexity index is 776. The second-order valence-corrected chi connectivity index (χ2v) is 4.94. The number of pyridine rings is 1. The fourth-order valence-electron chi connectivity index (χ4n) is 2.00. The molecule has 100 valence electrons. The van der Waals surface area contributed by atoms with Gasteiger partial charge in [0.25, 0.3) is 0 Å². The first-order valence-corrected chi connectivity index (χ1v) is 6.60. The molecule has 0 aliphatic carbocycles. The Balaban J connectivity index is 1.97. The van der Waals surface area contributed by atoms with E-state index in [0.717, 1.165) is 22.6 Å². The second kappa shape index (κ2) is 5.34. The molecule has 5 nitrogen and oxygen atoms in total. The van der Waals surface area contributed by atoms with Gasteiger partial charge in [-0.25, -0.2) is 4.98 Å². The molecule has 20 heavy (non-hydrogen) atoms. The van der Waals surface area contributed by atoms with E-state index in [-0.39, 0.29) is 0 Å². The zero-order valence-electron chi connectivity index (χ0n) is 10.9. The molecule has 0 aliphatic heterocycles. The Labute approximate surface area is 121 Å². The Morgan fingerprint density at radius 2 is 2.25 bits per heavy atom. The minimum Gasteiger partial charge on any atom is -0.343 e. The lowest BCUT2D eigenvalue weighted by molar-refractivity contribution is 0.768. The van der Waals surface area contributed by atoms with Crippen molar-refractivity contribution in [1.29, 1.82) is 0 Å². The molecule has 0 spiro atoms. The molecule has 0 saturated carbocycles. The lowest BCUT2D eigenvalue weighted by Gasteiger charge is -2.04. The number of nitrogens with zero attached hydrogens (tertiary/aromatic N) is 4. The molecule has 1 N–H and O–H groups in total. The van der Waals surface area contributed by atoms with Crippen molar-refractivity contribution < 1.29 is 0 Å². The zero-order chi connectivity index (χ0) is 13.9. The number of rotatable bonds is 3. The van der Waals surface area contributed by atoms with Gasteiger partial charge in [-0.1, -0.05) is 18.3 Å². The van der Waals surface area contributed by atoms with Crippen molar-refractivity contribution in [2.45, 2.75) is 6.42 Å². The lowest BCUT2D eigenvalue weighted by Crippen LogP contribution is -1.98. The van der Waals surface area contributed by atoms with Gasteiger partial charge in [-0.05, 0) is 17.7 Å². The van der Waals surface area contributed by atoms with Crippen molar-refractivity contribution in [3.63, 3.8) is 0 Å². The predicted octanol–water partition coefficient (Wildman–Crippen LogP) is 2.53. The fourth-order valence-corrected chi connectivity index (χ4v) is 2.23. The van der Waals surface area contributed by atoms with E-state index in [1.807, 2.05) is 37.6 Å². The second-order valence-electron chi connectivity index (χ2n) is 4.52. The average Bonchev–Trinajstić information content (AvgIpc) is 2.86. The molecular formula is C14H13N5S. The molecule has 3 aromatic heterocycles. The lowest BCUT2D eigenvalue weighted by atomic mass is 10.2. The van der Waals surface area contributed by atoms with Gasteiger partial charge in [0.15, 0.2) is 0 Å². The number of H-pyrrole nitrogens is 1. The topological polar surface area (TPSA) is 59.4 Å². The summed E-state index contributed by atoms with van der Waals surface area (Å²) in [6.45, 7) is 0. The van der Waals surface area contributed by atoms with Gasteiger partial charge in [0.1, 0.15) is 10.5 Å². The van der Waals surface area contributed by atoms with E-state index in [1.54, 1.807) is 17.1 Å². The molecule has 0 unspecified atom stereocenters. The summed E-state index contributed by atoms with van der Waals surface area (Å²) in [5.74, 6) is 0.823. The van der Waals surface area contributed by atoms with Gasteiger partial charge in [-0.2, -0.15) is 5.10 Å². The number of hydrogen-bond donors (Lipinski definition) is 1. The smallest absolute Gasteiger partial charge is 0.130 e. The molecular weight excluding hydrogens is 270 g/mol. The van der Waals surface area contributed by atoms with Gasteiger partial charge in [0.2, 0.25) is 0 Å². The maximum Gasteiger partial charge on any atom is 0.130 e. The summed E-state index contributed by atoms with van der Waals surface area (Å²) in [7, 11) is 1.88. The number of nitrogens with one attached hydrogen (secondary N) is 1. The first-order chi connectivity index (χ1) is 9.70. The van der Waals surface area contributed by atoms with Gasteiger partial charge in [-0.15, -0.1) is 0 Å². The maximum atomic E-state index is 5.24. The number of aryl methyl sites for hydroxylation is 1. The van der Waals surface area contributed by atoms with Crippen molar-refractivity contribution in [3.8, 4) is 11.3 Å². The van der Waals surface area contributed by atoms with E-state index in [9.17, 15) is 0 Å². The van der Waals surface area contributed by atoms with Gasteiger partial charge in [-0.3, -0.25) is 9.67 Å². The van der Waals surface area contributed by atoms with Crippen molar-refractivity contribution >= 4 is 12.2 Å². The van der Waals surface area contributed by atoms with Crippen LogP contribution in [0, 0.1) is 4.64 Å². The van der Waals surface area contributed by atoms with Crippen molar-refractivity contribution in [2.75, 3.05) is 0 Å². The Hall–Kier alpha value is -2.34. The van der Waals surface area contributed by atoms with Crippen LogP contribution in [0.3, 0.4) is 0 Å². The third-order valence-corrected chi connectivity index (χ3v) is 3.11. The summed E-state index contributed by atoms with van der Waals surface area (Å²) in [6.07, 6.45) is 8.00. The van der Waals surface area contributed by atoms with Crippen LogP contribution in [0.5, 0.6) is 0 Å². The third-order valence-electron chi connectivity index (χ3n) is 2.90. The zero-order valence-corrected chi connectivity index (χ0v) is 11.8. The summed E-state index contributed by atoms with van der Waals surface area (Å²) in [4.78, 5) is 11.8.